The fraction of sp³-hybridized carbons (Fsp3) is 0.960. The first kappa shape index (κ1) is 26.4. The minimum atomic E-state index is 0.583. The molecular weight excluding hydrogens is 358 g/mol. The maximum Gasteiger partial charge on any atom is 0.0990 e. The van der Waals surface area contributed by atoms with Crippen molar-refractivity contribution >= 4 is 5.84 Å². The lowest BCUT2D eigenvalue weighted by molar-refractivity contribution is 0.423. The van der Waals surface area contributed by atoms with Crippen molar-refractivity contribution in [1.29, 1.82) is 0 Å². The first-order valence-electron chi connectivity index (χ1n) is 12.9. The molecule has 1 saturated heterocycles. The Kier molecular flexibility index (Phi) is 17.6. The second-order valence-corrected chi connectivity index (χ2v) is 8.92. The van der Waals surface area contributed by atoms with E-state index in [0.717, 1.165) is 39.2 Å². The summed E-state index contributed by atoms with van der Waals surface area (Å²) >= 11 is 0. The van der Waals surface area contributed by atoms with E-state index in [0.29, 0.717) is 6.10 Å². The number of ether oxygens (including phenoxy) is 1. The molecule has 0 bridgehead atoms. The summed E-state index contributed by atoms with van der Waals surface area (Å²) in [7, 11) is 0. The van der Waals surface area contributed by atoms with Gasteiger partial charge in [-0.3, -0.25) is 4.99 Å². The number of nitrogens with two attached hydrogens (primary N) is 1. The van der Waals surface area contributed by atoms with Crippen LogP contribution in [0.4, 0.5) is 0 Å². The van der Waals surface area contributed by atoms with Crippen LogP contribution in [0, 0.1) is 0 Å². The Bertz CT molecular complexity index is 382. The molecular formula is C25H51N3O. The van der Waals surface area contributed by atoms with Gasteiger partial charge in [0.25, 0.3) is 0 Å². The maximum atomic E-state index is 5.66. The summed E-state index contributed by atoms with van der Waals surface area (Å²) in [6.07, 6.45) is 23.2. The van der Waals surface area contributed by atoms with Crippen LogP contribution in [0.2, 0.25) is 0 Å². The highest BCUT2D eigenvalue weighted by atomic mass is 16.6. The summed E-state index contributed by atoms with van der Waals surface area (Å²) < 4.78 is 4.71. The van der Waals surface area contributed by atoms with Crippen molar-refractivity contribution in [1.82, 2.24) is 4.90 Å². The molecule has 2 rings (SSSR count). The van der Waals surface area contributed by atoms with Gasteiger partial charge in [0.2, 0.25) is 0 Å². The van der Waals surface area contributed by atoms with Crippen molar-refractivity contribution < 1.29 is 4.74 Å². The highest BCUT2D eigenvalue weighted by Crippen LogP contribution is 2.15. The van der Waals surface area contributed by atoms with Gasteiger partial charge in [-0.1, -0.05) is 96.8 Å². The molecule has 29 heavy (non-hydrogen) atoms. The predicted octanol–water partition coefficient (Wildman–Crippen LogP) is 6.33. The summed E-state index contributed by atoms with van der Waals surface area (Å²) in [6.45, 7) is 9.13. The molecule has 4 nitrogen and oxygen atoms in total. The van der Waals surface area contributed by atoms with E-state index in [2.05, 4.69) is 23.7 Å². The van der Waals surface area contributed by atoms with Gasteiger partial charge in [-0.15, -0.1) is 0 Å². The standard InChI is InChI=1S/C22H45N3.C3H6O/c1-2-3-4-5-6-7-8-9-10-11-12-13-14-15-16-17-22-24-19-21-25(22)20-18-23;1-3-2-4-3/h2-21,23H2,1H3;3H,2H2,1H3. The van der Waals surface area contributed by atoms with Crippen LogP contribution in [0.5, 0.6) is 0 Å². The Morgan fingerprint density at radius 3 is 1.72 bits per heavy atom. The van der Waals surface area contributed by atoms with Gasteiger partial charge in [0, 0.05) is 26.1 Å². The summed E-state index contributed by atoms with van der Waals surface area (Å²) in [6, 6.07) is 0. The van der Waals surface area contributed by atoms with Crippen LogP contribution in [0.1, 0.15) is 117 Å². The van der Waals surface area contributed by atoms with Crippen LogP contribution in [-0.4, -0.2) is 49.6 Å². The summed E-state index contributed by atoms with van der Waals surface area (Å²) in [5.74, 6) is 1.32. The monoisotopic (exact) mass is 409 g/mol. The third kappa shape index (κ3) is 16.8. The van der Waals surface area contributed by atoms with Crippen molar-refractivity contribution in [2.24, 2.45) is 10.7 Å². The topological polar surface area (TPSA) is 54.2 Å². The number of hydrogen-bond donors (Lipinski definition) is 1. The fourth-order valence-corrected chi connectivity index (χ4v) is 3.91. The lowest BCUT2D eigenvalue weighted by Gasteiger charge is -2.19. The number of epoxide rings is 1. The van der Waals surface area contributed by atoms with Gasteiger partial charge in [-0.2, -0.15) is 0 Å². The number of rotatable bonds is 18. The number of nitrogens with zero attached hydrogens (tertiary/aromatic N) is 2. The minimum absolute atomic E-state index is 0.583. The molecule has 2 N–H and O–H groups in total. The normalized spacial score (nSPS) is 17.8. The van der Waals surface area contributed by atoms with E-state index in [1.54, 1.807) is 0 Å². The lowest BCUT2D eigenvalue weighted by atomic mass is 10.0. The number of amidine groups is 1. The van der Waals surface area contributed by atoms with Gasteiger partial charge >= 0.3 is 0 Å². The molecule has 0 aromatic rings. The number of unbranched alkanes of at least 4 members (excludes halogenated alkanes) is 14. The first-order valence-corrected chi connectivity index (χ1v) is 12.9. The average Bonchev–Trinajstić information content (AvgIpc) is 3.38. The lowest BCUT2D eigenvalue weighted by Crippen LogP contribution is -2.32. The third-order valence-corrected chi connectivity index (χ3v) is 5.93. The van der Waals surface area contributed by atoms with E-state index >= 15 is 0 Å². The van der Waals surface area contributed by atoms with E-state index in [-0.39, 0.29) is 0 Å². The molecule has 2 aliphatic rings. The summed E-state index contributed by atoms with van der Waals surface area (Å²) in [5.41, 5.74) is 5.66. The molecule has 1 atom stereocenters. The quantitative estimate of drug-likeness (QED) is 0.213. The van der Waals surface area contributed by atoms with E-state index in [9.17, 15) is 0 Å². The molecule has 2 heterocycles. The summed E-state index contributed by atoms with van der Waals surface area (Å²) in [5, 5.41) is 0. The maximum absolute atomic E-state index is 5.66. The Hall–Kier alpha value is -0.610. The summed E-state index contributed by atoms with van der Waals surface area (Å²) in [4.78, 5) is 7.00. The van der Waals surface area contributed by atoms with Crippen molar-refractivity contribution in [3.05, 3.63) is 0 Å². The average molecular weight is 410 g/mol. The zero-order valence-electron chi connectivity index (χ0n) is 19.8. The van der Waals surface area contributed by atoms with Crippen LogP contribution < -0.4 is 5.73 Å². The van der Waals surface area contributed by atoms with Crippen molar-refractivity contribution in [2.75, 3.05) is 32.8 Å². The minimum Gasteiger partial charge on any atom is -0.373 e. The second kappa shape index (κ2) is 19.4. The molecule has 0 amide bonds. The van der Waals surface area contributed by atoms with Gasteiger partial charge < -0.3 is 15.4 Å². The smallest absolute Gasteiger partial charge is 0.0990 e. The fourth-order valence-electron chi connectivity index (χ4n) is 3.91. The molecule has 1 unspecified atom stereocenters. The van der Waals surface area contributed by atoms with Crippen LogP contribution in [0.15, 0.2) is 4.99 Å². The van der Waals surface area contributed by atoms with E-state index in [1.807, 2.05) is 0 Å². The van der Waals surface area contributed by atoms with Crippen LogP contribution in [0.3, 0.4) is 0 Å². The van der Waals surface area contributed by atoms with Gasteiger partial charge in [0.1, 0.15) is 0 Å². The largest absolute Gasteiger partial charge is 0.373 e. The molecule has 0 aliphatic carbocycles. The van der Waals surface area contributed by atoms with Gasteiger partial charge in [0.05, 0.1) is 25.1 Å². The highest BCUT2D eigenvalue weighted by Gasteiger charge is 2.14. The van der Waals surface area contributed by atoms with Crippen molar-refractivity contribution in [3.63, 3.8) is 0 Å². The molecule has 1 fully saturated rings. The molecule has 2 aliphatic heterocycles. The Balaban J connectivity index is 0.000000929. The second-order valence-electron chi connectivity index (χ2n) is 8.92. The van der Waals surface area contributed by atoms with Gasteiger partial charge in [-0.05, 0) is 13.3 Å². The Morgan fingerprint density at radius 1 is 0.862 bits per heavy atom. The molecule has 0 aromatic heterocycles. The zero-order chi connectivity index (χ0) is 21.0. The molecule has 0 aromatic carbocycles. The Morgan fingerprint density at radius 2 is 1.31 bits per heavy atom. The third-order valence-electron chi connectivity index (χ3n) is 5.93. The van der Waals surface area contributed by atoms with Gasteiger partial charge in [0.15, 0.2) is 0 Å². The van der Waals surface area contributed by atoms with E-state index in [4.69, 9.17) is 10.5 Å². The molecule has 0 spiro atoms. The number of hydrogen-bond acceptors (Lipinski definition) is 4. The number of aliphatic imine (C=N–C) groups is 1. The van der Waals surface area contributed by atoms with E-state index in [1.165, 1.54) is 102 Å². The SMILES string of the molecule is CC1CO1.CCCCCCCCCCCCCCCCCC1=NCCN1CCN. The molecule has 172 valence electrons. The van der Waals surface area contributed by atoms with Crippen LogP contribution in [-0.2, 0) is 4.74 Å². The van der Waals surface area contributed by atoms with E-state index < -0.39 is 0 Å². The predicted molar refractivity (Wildman–Crippen MR) is 128 cm³/mol. The highest BCUT2D eigenvalue weighted by molar-refractivity contribution is 5.83. The molecule has 0 radical (unpaired) electrons. The van der Waals surface area contributed by atoms with Crippen molar-refractivity contribution in [2.45, 2.75) is 123 Å². The molecule has 0 saturated carbocycles. The first-order chi connectivity index (χ1) is 14.3. The zero-order valence-corrected chi connectivity index (χ0v) is 19.8. The van der Waals surface area contributed by atoms with Crippen LogP contribution in [0.25, 0.3) is 0 Å². The van der Waals surface area contributed by atoms with Gasteiger partial charge in [-0.25, -0.2) is 0 Å². The van der Waals surface area contributed by atoms with Crippen LogP contribution >= 0.6 is 0 Å². The molecule has 4 heteroatoms. The van der Waals surface area contributed by atoms with Crippen molar-refractivity contribution in [3.8, 4) is 0 Å². The Labute approximate surface area is 182 Å².